The van der Waals surface area contributed by atoms with Crippen molar-refractivity contribution in [1.82, 2.24) is 5.32 Å². The molecule has 0 aliphatic carbocycles. The van der Waals surface area contributed by atoms with Gasteiger partial charge < -0.3 is 14.8 Å². The zero-order valence-electron chi connectivity index (χ0n) is 15.1. The minimum Gasteiger partial charge on any atom is -0.454 e. The minimum absolute atomic E-state index is 0.0201. The predicted octanol–water partition coefficient (Wildman–Crippen LogP) is 4.68. The van der Waals surface area contributed by atoms with E-state index in [0.717, 1.165) is 28.4 Å². The topological polar surface area (TPSA) is 47.6 Å². The van der Waals surface area contributed by atoms with Crippen molar-refractivity contribution in [2.24, 2.45) is 0 Å². The van der Waals surface area contributed by atoms with Crippen LogP contribution in [0.5, 0.6) is 11.5 Å². The molecular formula is C22H21NO3S. The van der Waals surface area contributed by atoms with Crippen molar-refractivity contribution in [2.45, 2.75) is 18.7 Å². The van der Waals surface area contributed by atoms with E-state index in [1.807, 2.05) is 37.3 Å². The maximum Gasteiger partial charge on any atom is 0.231 e. The van der Waals surface area contributed by atoms with Crippen molar-refractivity contribution in [1.29, 1.82) is 0 Å². The highest BCUT2D eigenvalue weighted by atomic mass is 32.2. The summed E-state index contributed by atoms with van der Waals surface area (Å²) in [6.07, 6.45) is 0. The van der Waals surface area contributed by atoms with Gasteiger partial charge in [0, 0.05) is 5.75 Å². The summed E-state index contributed by atoms with van der Waals surface area (Å²) in [6.45, 7) is 2.30. The van der Waals surface area contributed by atoms with Crippen LogP contribution in [0.4, 0.5) is 0 Å². The van der Waals surface area contributed by atoms with E-state index in [-0.39, 0.29) is 18.7 Å². The molecule has 0 spiro atoms. The Balaban J connectivity index is 1.29. The number of nitrogens with one attached hydrogen (secondary N) is 1. The van der Waals surface area contributed by atoms with Gasteiger partial charge in [-0.2, -0.15) is 0 Å². The van der Waals surface area contributed by atoms with Gasteiger partial charge in [0.25, 0.3) is 0 Å². The Labute approximate surface area is 162 Å². The molecule has 1 aliphatic rings. The summed E-state index contributed by atoms with van der Waals surface area (Å²) in [5.41, 5.74) is 2.24. The van der Waals surface area contributed by atoms with Crippen LogP contribution < -0.4 is 14.8 Å². The monoisotopic (exact) mass is 379 g/mol. The number of amides is 1. The Morgan fingerprint density at radius 2 is 1.85 bits per heavy atom. The third kappa shape index (κ3) is 4.19. The van der Waals surface area contributed by atoms with Gasteiger partial charge in [-0.1, -0.05) is 42.5 Å². The van der Waals surface area contributed by atoms with E-state index < -0.39 is 0 Å². The smallest absolute Gasteiger partial charge is 0.231 e. The molecule has 0 saturated carbocycles. The predicted molar refractivity (Wildman–Crippen MR) is 109 cm³/mol. The summed E-state index contributed by atoms with van der Waals surface area (Å²) in [5.74, 6) is 2.79. The van der Waals surface area contributed by atoms with Crippen LogP contribution in [0.25, 0.3) is 10.8 Å². The third-order valence-electron chi connectivity index (χ3n) is 4.59. The molecule has 0 bridgehead atoms. The van der Waals surface area contributed by atoms with Crippen LogP contribution in [0, 0.1) is 0 Å². The fraction of sp³-hybridized carbons (Fsp3) is 0.227. The van der Waals surface area contributed by atoms with Gasteiger partial charge in [0.05, 0.1) is 11.8 Å². The van der Waals surface area contributed by atoms with Gasteiger partial charge in [-0.25, -0.2) is 0 Å². The highest BCUT2D eigenvalue weighted by molar-refractivity contribution is 7.99. The second kappa shape index (κ2) is 7.92. The summed E-state index contributed by atoms with van der Waals surface area (Å²) in [7, 11) is 0. The molecule has 0 unspecified atom stereocenters. The highest BCUT2D eigenvalue weighted by Gasteiger charge is 2.14. The van der Waals surface area contributed by atoms with E-state index in [1.54, 1.807) is 11.8 Å². The normalized spacial score (nSPS) is 13.5. The number of carbonyl (C=O) groups excluding carboxylic acids is 1. The first-order valence-corrected chi connectivity index (χ1v) is 10.1. The number of fused-ring (bicyclic) bond motifs is 2. The molecule has 1 aliphatic heterocycles. The summed E-state index contributed by atoms with van der Waals surface area (Å²) in [5, 5.41) is 5.48. The average Bonchev–Trinajstić information content (AvgIpc) is 3.15. The standard InChI is InChI=1S/C22H21NO3S/c1-15(18-8-7-17-4-2-3-5-19(17)11-18)23-22(24)13-27-12-16-6-9-20-21(10-16)26-14-25-20/h2-11,15H,12-14H2,1H3,(H,23,24)/t15-/m1/s1. The van der Waals surface area contributed by atoms with Crippen LogP contribution >= 0.6 is 11.8 Å². The van der Waals surface area contributed by atoms with Crippen molar-refractivity contribution in [3.63, 3.8) is 0 Å². The van der Waals surface area contributed by atoms with E-state index in [2.05, 4.69) is 35.6 Å². The van der Waals surface area contributed by atoms with Crippen LogP contribution in [-0.4, -0.2) is 18.5 Å². The SMILES string of the molecule is C[C@@H](NC(=O)CSCc1ccc2c(c1)OCO2)c1ccc2ccccc2c1. The molecule has 5 heteroatoms. The summed E-state index contributed by atoms with van der Waals surface area (Å²) in [4.78, 5) is 12.3. The molecule has 1 amide bonds. The van der Waals surface area contributed by atoms with E-state index in [1.165, 1.54) is 10.8 Å². The lowest BCUT2D eigenvalue weighted by Gasteiger charge is -2.15. The molecule has 0 radical (unpaired) electrons. The van der Waals surface area contributed by atoms with E-state index in [4.69, 9.17) is 9.47 Å². The highest BCUT2D eigenvalue weighted by Crippen LogP contribution is 2.33. The Bertz CT molecular complexity index is 973. The number of carbonyl (C=O) groups is 1. The summed E-state index contributed by atoms with van der Waals surface area (Å²) in [6, 6.07) is 20.4. The molecule has 4 nitrogen and oxygen atoms in total. The summed E-state index contributed by atoms with van der Waals surface area (Å²) < 4.78 is 10.7. The molecule has 3 aromatic carbocycles. The molecule has 1 heterocycles. The van der Waals surface area contributed by atoms with Crippen LogP contribution in [-0.2, 0) is 10.5 Å². The molecule has 4 rings (SSSR count). The van der Waals surface area contributed by atoms with Crippen molar-refractivity contribution >= 4 is 28.4 Å². The molecule has 0 aromatic heterocycles. The Morgan fingerprint density at radius 1 is 1.04 bits per heavy atom. The number of thioether (sulfide) groups is 1. The maximum atomic E-state index is 12.3. The number of hydrogen-bond donors (Lipinski definition) is 1. The molecule has 138 valence electrons. The number of ether oxygens (including phenoxy) is 2. The van der Waals surface area contributed by atoms with Gasteiger partial charge in [-0.3, -0.25) is 4.79 Å². The Morgan fingerprint density at radius 3 is 2.74 bits per heavy atom. The quantitative estimate of drug-likeness (QED) is 0.676. The van der Waals surface area contributed by atoms with E-state index in [9.17, 15) is 4.79 Å². The van der Waals surface area contributed by atoms with Gasteiger partial charge in [0.2, 0.25) is 12.7 Å². The number of rotatable bonds is 6. The Hall–Kier alpha value is -2.66. The van der Waals surface area contributed by atoms with Crippen molar-refractivity contribution in [2.75, 3.05) is 12.5 Å². The van der Waals surface area contributed by atoms with Crippen molar-refractivity contribution in [3.8, 4) is 11.5 Å². The molecular weight excluding hydrogens is 358 g/mol. The molecule has 27 heavy (non-hydrogen) atoms. The fourth-order valence-electron chi connectivity index (χ4n) is 3.14. The lowest BCUT2D eigenvalue weighted by molar-refractivity contribution is -0.119. The second-order valence-corrected chi connectivity index (χ2v) is 7.56. The van der Waals surface area contributed by atoms with E-state index in [0.29, 0.717) is 5.75 Å². The first kappa shape index (κ1) is 17.7. The first-order chi connectivity index (χ1) is 13.2. The van der Waals surface area contributed by atoms with Crippen molar-refractivity contribution < 1.29 is 14.3 Å². The van der Waals surface area contributed by atoms with Crippen LogP contribution in [0.1, 0.15) is 24.1 Å². The number of benzene rings is 3. The zero-order chi connectivity index (χ0) is 18.6. The first-order valence-electron chi connectivity index (χ1n) is 8.93. The van der Waals surface area contributed by atoms with Crippen LogP contribution in [0.3, 0.4) is 0 Å². The van der Waals surface area contributed by atoms with Gasteiger partial charge in [-0.15, -0.1) is 11.8 Å². The third-order valence-corrected chi connectivity index (χ3v) is 5.59. The summed E-state index contributed by atoms with van der Waals surface area (Å²) >= 11 is 1.59. The lowest BCUT2D eigenvalue weighted by atomic mass is 10.0. The maximum absolute atomic E-state index is 12.3. The molecule has 0 fully saturated rings. The number of hydrogen-bond acceptors (Lipinski definition) is 4. The molecule has 1 atom stereocenters. The van der Waals surface area contributed by atoms with Gasteiger partial charge in [-0.05, 0) is 47.0 Å². The largest absolute Gasteiger partial charge is 0.454 e. The molecule has 3 aromatic rings. The lowest BCUT2D eigenvalue weighted by Crippen LogP contribution is -2.28. The molecule has 1 N–H and O–H groups in total. The van der Waals surface area contributed by atoms with E-state index >= 15 is 0 Å². The van der Waals surface area contributed by atoms with Crippen LogP contribution in [0.15, 0.2) is 60.7 Å². The fourth-order valence-corrected chi connectivity index (χ4v) is 3.92. The second-order valence-electron chi connectivity index (χ2n) is 6.58. The van der Waals surface area contributed by atoms with Crippen molar-refractivity contribution in [3.05, 3.63) is 71.8 Å². The minimum atomic E-state index is -0.0201. The van der Waals surface area contributed by atoms with Gasteiger partial charge >= 0.3 is 0 Å². The van der Waals surface area contributed by atoms with Crippen LogP contribution in [0.2, 0.25) is 0 Å². The Kier molecular flexibility index (Phi) is 5.21. The van der Waals surface area contributed by atoms with Gasteiger partial charge in [0.1, 0.15) is 0 Å². The zero-order valence-corrected chi connectivity index (χ0v) is 15.9. The molecule has 0 saturated heterocycles. The average molecular weight is 379 g/mol. The van der Waals surface area contributed by atoms with Gasteiger partial charge in [0.15, 0.2) is 11.5 Å².